The van der Waals surface area contributed by atoms with Gasteiger partial charge in [-0.15, -0.1) is 0 Å². The van der Waals surface area contributed by atoms with Crippen molar-refractivity contribution in [3.8, 4) is 0 Å². The molecule has 2 heteroatoms. The molecule has 0 fully saturated rings. The average molecular weight is 236 g/mol. The minimum absolute atomic E-state index is 0.526. The fourth-order valence-electron chi connectivity index (χ4n) is 3.24. The molecular formula is C16H16N2. The topological polar surface area (TPSA) is 24.1 Å². The number of hydrogen-bond acceptors (Lipinski definition) is 2. The van der Waals surface area contributed by atoms with Crippen LogP contribution in [0, 0.1) is 0 Å². The van der Waals surface area contributed by atoms with Gasteiger partial charge in [-0.05, 0) is 29.7 Å². The first-order valence-corrected chi connectivity index (χ1v) is 6.59. The maximum Gasteiger partial charge on any atom is 0.0388 e. The summed E-state index contributed by atoms with van der Waals surface area (Å²) >= 11 is 0. The molecule has 0 radical (unpaired) electrons. The van der Waals surface area contributed by atoms with E-state index in [9.17, 15) is 0 Å². The van der Waals surface area contributed by atoms with Crippen LogP contribution in [-0.2, 0) is 6.42 Å². The maximum absolute atomic E-state index is 3.68. The molecular weight excluding hydrogens is 220 g/mol. The molecule has 2 nitrogen and oxygen atoms in total. The van der Waals surface area contributed by atoms with Gasteiger partial charge in [0.15, 0.2) is 0 Å². The molecule has 2 heterocycles. The van der Waals surface area contributed by atoms with Crippen molar-refractivity contribution in [3.63, 3.8) is 0 Å². The van der Waals surface area contributed by atoms with E-state index in [4.69, 9.17) is 0 Å². The van der Waals surface area contributed by atoms with E-state index in [1.807, 2.05) is 0 Å². The van der Waals surface area contributed by atoms with E-state index in [1.165, 1.54) is 22.5 Å². The molecule has 2 aromatic rings. The third kappa shape index (κ3) is 1.42. The fraction of sp³-hybridized carbons (Fsp3) is 0.250. The van der Waals surface area contributed by atoms with Crippen molar-refractivity contribution in [1.82, 2.24) is 0 Å². The Balaban J connectivity index is 1.65. The van der Waals surface area contributed by atoms with E-state index >= 15 is 0 Å². The van der Waals surface area contributed by atoms with Crippen molar-refractivity contribution < 1.29 is 0 Å². The summed E-state index contributed by atoms with van der Waals surface area (Å²) in [5.74, 6) is 0.577. The van der Waals surface area contributed by atoms with Gasteiger partial charge in [0.25, 0.3) is 0 Å². The van der Waals surface area contributed by atoms with Gasteiger partial charge in [-0.2, -0.15) is 0 Å². The molecule has 4 rings (SSSR count). The second kappa shape index (κ2) is 3.77. The second-order valence-corrected chi connectivity index (χ2v) is 5.19. The Bertz CT molecular complexity index is 566. The minimum Gasteiger partial charge on any atom is -0.384 e. The highest BCUT2D eigenvalue weighted by molar-refractivity contribution is 5.62. The average Bonchev–Trinajstić information content (AvgIpc) is 3.02. The first kappa shape index (κ1) is 10.0. The summed E-state index contributed by atoms with van der Waals surface area (Å²) in [7, 11) is 0. The number of anilines is 2. The summed E-state index contributed by atoms with van der Waals surface area (Å²) in [6, 6.07) is 17.9. The van der Waals surface area contributed by atoms with Crippen LogP contribution in [0.15, 0.2) is 48.5 Å². The lowest BCUT2D eigenvalue weighted by Gasteiger charge is -2.19. The zero-order valence-corrected chi connectivity index (χ0v) is 10.2. The predicted molar refractivity (Wildman–Crippen MR) is 75.2 cm³/mol. The van der Waals surface area contributed by atoms with Gasteiger partial charge in [0.1, 0.15) is 0 Å². The summed E-state index contributed by atoms with van der Waals surface area (Å²) in [6.07, 6.45) is 1.14. The molecule has 0 amide bonds. The number of fused-ring (bicyclic) bond motifs is 2. The van der Waals surface area contributed by atoms with Crippen LogP contribution in [0.2, 0.25) is 0 Å². The molecule has 0 saturated carbocycles. The third-order valence-electron chi connectivity index (χ3n) is 4.16. The normalized spacial score (nSPS) is 24.0. The number of para-hydroxylation sites is 2. The summed E-state index contributed by atoms with van der Waals surface area (Å²) in [4.78, 5) is 0. The highest BCUT2D eigenvalue weighted by atomic mass is 15.0. The van der Waals surface area contributed by atoms with Crippen molar-refractivity contribution in [2.24, 2.45) is 0 Å². The Kier molecular flexibility index (Phi) is 2.10. The van der Waals surface area contributed by atoms with Crippen LogP contribution in [0.1, 0.15) is 17.0 Å². The van der Waals surface area contributed by atoms with E-state index in [2.05, 4.69) is 59.2 Å². The minimum atomic E-state index is 0.526. The van der Waals surface area contributed by atoms with Gasteiger partial charge in [-0.3, -0.25) is 0 Å². The van der Waals surface area contributed by atoms with Crippen molar-refractivity contribution in [2.45, 2.75) is 18.4 Å². The smallest absolute Gasteiger partial charge is 0.0388 e. The van der Waals surface area contributed by atoms with Crippen LogP contribution in [0.4, 0.5) is 11.4 Å². The molecule has 90 valence electrons. The molecule has 2 aromatic carbocycles. The van der Waals surface area contributed by atoms with E-state index in [0.717, 1.165) is 13.0 Å². The molecule has 0 aromatic heterocycles. The molecule has 0 bridgehead atoms. The maximum atomic E-state index is 3.68. The zero-order valence-electron chi connectivity index (χ0n) is 10.2. The molecule has 0 aliphatic carbocycles. The molecule has 0 spiro atoms. The molecule has 2 unspecified atom stereocenters. The van der Waals surface area contributed by atoms with E-state index in [0.29, 0.717) is 12.0 Å². The number of nitrogens with one attached hydrogen (secondary N) is 2. The molecule has 2 atom stereocenters. The standard InChI is InChI=1S/C16H16N2/c1-3-7-14-11(5-1)9-16(18-14)13-10-17-15-8-4-2-6-12(13)15/h1-8,13,16-18H,9-10H2. The lowest BCUT2D eigenvalue weighted by atomic mass is 9.91. The Morgan fingerprint density at radius 2 is 1.67 bits per heavy atom. The van der Waals surface area contributed by atoms with Crippen LogP contribution in [0.3, 0.4) is 0 Å². The van der Waals surface area contributed by atoms with Gasteiger partial charge < -0.3 is 10.6 Å². The number of hydrogen-bond donors (Lipinski definition) is 2. The second-order valence-electron chi connectivity index (χ2n) is 5.19. The third-order valence-corrected chi connectivity index (χ3v) is 4.16. The quantitative estimate of drug-likeness (QED) is 0.794. The Morgan fingerprint density at radius 1 is 0.889 bits per heavy atom. The molecule has 2 aliphatic heterocycles. The molecule has 0 saturated heterocycles. The summed E-state index contributed by atoms with van der Waals surface area (Å²) in [6.45, 7) is 1.05. The predicted octanol–water partition coefficient (Wildman–Crippen LogP) is 3.23. The van der Waals surface area contributed by atoms with Gasteiger partial charge in [0, 0.05) is 29.9 Å². The van der Waals surface area contributed by atoms with Gasteiger partial charge in [0.2, 0.25) is 0 Å². The van der Waals surface area contributed by atoms with Crippen molar-refractivity contribution in [2.75, 3.05) is 17.2 Å². The van der Waals surface area contributed by atoms with Crippen molar-refractivity contribution in [1.29, 1.82) is 0 Å². The van der Waals surface area contributed by atoms with Gasteiger partial charge >= 0.3 is 0 Å². The first-order chi connectivity index (χ1) is 8.92. The largest absolute Gasteiger partial charge is 0.384 e. The van der Waals surface area contributed by atoms with E-state index in [-0.39, 0.29) is 0 Å². The molecule has 2 N–H and O–H groups in total. The summed E-state index contributed by atoms with van der Waals surface area (Å²) in [5, 5.41) is 7.19. The van der Waals surface area contributed by atoms with E-state index in [1.54, 1.807) is 0 Å². The molecule has 18 heavy (non-hydrogen) atoms. The summed E-state index contributed by atoms with van der Waals surface area (Å²) < 4.78 is 0. The zero-order chi connectivity index (χ0) is 11.9. The van der Waals surface area contributed by atoms with Gasteiger partial charge in [-0.25, -0.2) is 0 Å². The van der Waals surface area contributed by atoms with E-state index < -0.39 is 0 Å². The fourth-order valence-corrected chi connectivity index (χ4v) is 3.24. The first-order valence-electron chi connectivity index (χ1n) is 6.59. The van der Waals surface area contributed by atoms with Gasteiger partial charge in [0.05, 0.1) is 0 Å². The van der Waals surface area contributed by atoms with Gasteiger partial charge in [-0.1, -0.05) is 36.4 Å². The Hall–Kier alpha value is -1.96. The highest BCUT2D eigenvalue weighted by Crippen LogP contribution is 2.39. The number of rotatable bonds is 1. The van der Waals surface area contributed by atoms with Crippen molar-refractivity contribution in [3.05, 3.63) is 59.7 Å². The molecule has 2 aliphatic rings. The monoisotopic (exact) mass is 236 g/mol. The lowest BCUT2D eigenvalue weighted by molar-refractivity contribution is 0.619. The summed E-state index contributed by atoms with van der Waals surface area (Å²) in [5.41, 5.74) is 5.53. The Labute approximate surface area is 107 Å². The van der Waals surface area contributed by atoms with Crippen LogP contribution < -0.4 is 10.6 Å². The SMILES string of the molecule is c1ccc2c(c1)CC(C1CNc3ccccc31)N2. The lowest BCUT2D eigenvalue weighted by Crippen LogP contribution is -2.26. The van der Waals surface area contributed by atoms with Crippen LogP contribution in [0.5, 0.6) is 0 Å². The van der Waals surface area contributed by atoms with Crippen LogP contribution in [0.25, 0.3) is 0 Å². The number of benzene rings is 2. The van der Waals surface area contributed by atoms with Crippen LogP contribution in [-0.4, -0.2) is 12.6 Å². The highest BCUT2D eigenvalue weighted by Gasteiger charge is 2.33. The van der Waals surface area contributed by atoms with Crippen LogP contribution >= 0.6 is 0 Å². The van der Waals surface area contributed by atoms with Crippen molar-refractivity contribution >= 4 is 11.4 Å². The Morgan fingerprint density at radius 3 is 2.56 bits per heavy atom.